The highest BCUT2D eigenvalue weighted by molar-refractivity contribution is 5.89. The van der Waals surface area contributed by atoms with Crippen LogP contribution in [0.5, 0.6) is 5.75 Å². The summed E-state index contributed by atoms with van der Waals surface area (Å²) in [5.41, 5.74) is 1.60. The molecule has 3 N–H and O–H groups in total. The Morgan fingerprint density at radius 2 is 1.65 bits per heavy atom. The van der Waals surface area contributed by atoms with Crippen LogP contribution in [0.1, 0.15) is 17.2 Å². The van der Waals surface area contributed by atoms with Crippen LogP contribution in [-0.2, 0) is 0 Å². The first-order valence-electron chi connectivity index (χ1n) is 7.44. The molecule has 0 saturated carbocycles. The topological polar surface area (TPSA) is 61.4 Å². The Kier molecular flexibility index (Phi) is 4.15. The van der Waals surface area contributed by atoms with Crippen LogP contribution in [0.25, 0.3) is 10.8 Å². The summed E-state index contributed by atoms with van der Waals surface area (Å²) in [6.07, 6.45) is 0. The fourth-order valence-corrected chi connectivity index (χ4v) is 2.76. The van der Waals surface area contributed by atoms with Gasteiger partial charge in [-0.05, 0) is 22.4 Å². The molecule has 0 bridgehead atoms. The van der Waals surface area contributed by atoms with Crippen LogP contribution in [0.4, 0.5) is 4.79 Å². The van der Waals surface area contributed by atoms with Crippen LogP contribution < -0.4 is 10.6 Å². The molecule has 0 aliphatic heterocycles. The van der Waals surface area contributed by atoms with Gasteiger partial charge in [0.1, 0.15) is 5.75 Å². The molecule has 0 radical (unpaired) electrons. The van der Waals surface area contributed by atoms with Gasteiger partial charge >= 0.3 is 6.03 Å². The van der Waals surface area contributed by atoms with E-state index >= 15 is 0 Å². The summed E-state index contributed by atoms with van der Waals surface area (Å²) < 4.78 is 0. The molecule has 0 aromatic heterocycles. The third kappa shape index (κ3) is 2.97. The van der Waals surface area contributed by atoms with Crippen molar-refractivity contribution >= 4 is 16.8 Å². The third-order valence-corrected chi connectivity index (χ3v) is 3.87. The Bertz CT molecular complexity index is 831. The number of benzene rings is 3. The summed E-state index contributed by atoms with van der Waals surface area (Å²) in [6.45, 7) is 0. The minimum atomic E-state index is -0.442. The lowest BCUT2D eigenvalue weighted by atomic mass is 9.93. The van der Waals surface area contributed by atoms with Crippen LogP contribution in [-0.4, -0.2) is 18.2 Å². The summed E-state index contributed by atoms with van der Waals surface area (Å²) in [5.74, 6) is 0.161. The number of amides is 2. The lowest BCUT2D eigenvalue weighted by Gasteiger charge is -2.22. The monoisotopic (exact) mass is 306 g/mol. The van der Waals surface area contributed by atoms with Gasteiger partial charge in [0.15, 0.2) is 0 Å². The number of nitrogens with one attached hydrogen (secondary N) is 2. The Hall–Kier alpha value is -3.01. The Balaban J connectivity index is 2.21. The number of rotatable bonds is 3. The number of urea groups is 1. The number of hydrogen-bond donors (Lipinski definition) is 3. The van der Waals surface area contributed by atoms with E-state index in [0.717, 1.165) is 16.3 Å². The van der Waals surface area contributed by atoms with Crippen molar-refractivity contribution in [1.29, 1.82) is 0 Å². The molecule has 2 amide bonds. The Labute approximate surface area is 134 Å². The molecule has 3 rings (SSSR count). The highest BCUT2D eigenvalue weighted by atomic mass is 16.3. The molecule has 4 nitrogen and oxygen atoms in total. The van der Waals surface area contributed by atoms with E-state index in [2.05, 4.69) is 10.6 Å². The zero-order valence-corrected chi connectivity index (χ0v) is 12.8. The van der Waals surface area contributed by atoms with Gasteiger partial charge < -0.3 is 15.7 Å². The van der Waals surface area contributed by atoms with Crippen LogP contribution in [0.15, 0.2) is 66.7 Å². The molecular weight excluding hydrogens is 288 g/mol. The highest BCUT2D eigenvalue weighted by Gasteiger charge is 2.21. The smallest absolute Gasteiger partial charge is 0.315 e. The summed E-state index contributed by atoms with van der Waals surface area (Å²) in [4.78, 5) is 11.9. The van der Waals surface area contributed by atoms with E-state index in [0.29, 0.717) is 5.56 Å². The fourth-order valence-electron chi connectivity index (χ4n) is 2.76. The van der Waals surface area contributed by atoms with E-state index < -0.39 is 6.04 Å². The molecule has 116 valence electrons. The van der Waals surface area contributed by atoms with Crippen molar-refractivity contribution in [3.05, 3.63) is 77.9 Å². The SMILES string of the molecule is CNC(=O)N[C@H](c1ccccc1)c1c(O)ccc2ccccc12. The van der Waals surface area contributed by atoms with Gasteiger partial charge in [0.05, 0.1) is 6.04 Å². The lowest BCUT2D eigenvalue weighted by molar-refractivity contribution is 0.240. The van der Waals surface area contributed by atoms with Crippen molar-refractivity contribution in [2.45, 2.75) is 6.04 Å². The van der Waals surface area contributed by atoms with E-state index in [9.17, 15) is 9.90 Å². The van der Waals surface area contributed by atoms with Gasteiger partial charge in [0, 0.05) is 12.6 Å². The van der Waals surface area contributed by atoms with Crippen molar-refractivity contribution in [2.75, 3.05) is 7.05 Å². The summed E-state index contributed by atoms with van der Waals surface area (Å²) >= 11 is 0. The molecule has 0 saturated heterocycles. The van der Waals surface area contributed by atoms with Crippen LogP contribution in [0.2, 0.25) is 0 Å². The number of carbonyl (C=O) groups is 1. The lowest BCUT2D eigenvalue weighted by Crippen LogP contribution is -2.36. The quantitative estimate of drug-likeness (QED) is 0.693. The van der Waals surface area contributed by atoms with Gasteiger partial charge in [-0.2, -0.15) is 0 Å². The normalized spacial score (nSPS) is 11.9. The first-order valence-corrected chi connectivity index (χ1v) is 7.44. The molecule has 23 heavy (non-hydrogen) atoms. The minimum absolute atomic E-state index is 0.161. The molecule has 4 heteroatoms. The van der Waals surface area contributed by atoms with E-state index in [-0.39, 0.29) is 11.8 Å². The fraction of sp³-hybridized carbons (Fsp3) is 0.105. The zero-order chi connectivity index (χ0) is 16.2. The van der Waals surface area contributed by atoms with Crippen LogP contribution in [0.3, 0.4) is 0 Å². The predicted molar refractivity (Wildman–Crippen MR) is 91.5 cm³/mol. The molecule has 3 aromatic rings. The van der Waals surface area contributed by atoms with E-state index in [1.54, 1.807) is 13.1 Å². The molecule has 3 aromatic carbocycles. The number of carbonyl (C=O) groups excluding carboxylic acids is 1. The van der Waals surface area contributed by atoms with E-state index in [4.69, 9.17) is 0 Å². The average Bonchev–Trinajstić information content (AvgIpc) is 2.60. The first kappa shape index (κ1) is 14.9. The number of phenols is 1. The largest absolute Gasteiger partial charge is 0.508 e. The second-order valence-electron chi connectivity index (χ2n) is 5.29. The van der Waals surface area contributed by atoms with Crippen molar-refractivity contribution in [3.63, 3.8) is 0 Å². The van der Waals surface area contributed by atoms with Crippen molar-refractivity contribution in [1.82, 2.24) is 10.6 Å². The second kappa shape index (κ2) is 6.40. The second-order valence-corrected chi connectivity index (χ2v) is 5.29. The van der Waals surface area contributed by atoms with Gasteiger partial charge in [0.25, 0.3) is 0 Å². The number of fused-ring (bicyclic) bond motifs is 1. The molecule has 0 spiro atoms. The molecule has 0 aliphatic rings. The van der Waals surface area contributed by atoms with Crippen molar-refractivity contribution in [3.8, 4) is 5.75 Å². The highest BCUT2D eigenvalue weighted by Crippen LogP contribution is 2.35. The molecule has 1 atom stereocenters. The van der Waals surface area contributed by atoms with Crippen LogP contribution in [0, 0.1) is 0 Å². The molecule has 0 heterocycles. The minimum Gasteiger partial charge on any atom is -0.508 e. The Morgan fingerprint density at radius 1 is 0.957 bits per heavy atom. The van der Waals surface area contributed by atoms with E-state index in [1.807, 2.05) is 60.7 Å². The average molecular weight is 306 g/mol. The van der Waals surface area contributed by atoms with Gasteiger partial charge in [-0.3, -0.25) is 0 Å². The number of aromatic hydroxyl groups is 1. The third-order valence-electron chi connectivity index (χ3n) is 3.87. The maximum atomic E-state index is 11.9. The molecule has 0 aliphatic carbocycles. The first-order chi connectivity index (χ1) is 11.2. The van der Waals surface area contributed by atoms with Gasteiger partial charge in [-0.15, -0.1) is 0 Å². The number of phenolic OH excluding ortho intramolecular Hbond substituents is 1. The van der Waals surface area contributed by atoms with Crippen LogP contribution >= 0.6 is 0 Å². The van der Waals surface area contributed by atoms with E-state index in [1.165, 1.54) is 0 Å². The van der Waals surface area contributed by atoms with Crippen molar-refractivity contribution in [2.24, 2.45) is 0 Å². The van der Waals surface area contributed by atoms with Gasteiger partial charge in [-0.25, -0.2) is 4.79 Å². The molecular formula is C19H18N2O2. The Morgan fingerprint density at radius 3 is 2.39 bits per heavy atom. The maximum Gasteiger partial charge on any atom is 0.315 e. The molecule has 0 unspecified atom stereocenters. The summed E-state index contributed by atoms with van der Waals surface area (Å²) in [6, 6.07) is 20.2. The summed E-state index contributed by atoms with van der Waals surface area (Å²) in [7, 11) is 1.57. The predicted octanol–water partition coefficient (Wildman–Crippen LogP) is 3.56. The van der Waals surface area contributed by atoms with Crippen molar-refractivity contribution < 1.29 is 9.90 Å². The maximum absolute atomic E-state index is 11.9. The van der Waals surface area contributed by atoms with Gasteiger partial charge in [0.2, 0.25) is 0 Å². The molecule has 0 fully saturated rings. The number of hydrogen-bond acceptors (Lipinski definition) is 2. The standard InChI is InChI=1S/C19H18N2O2/c1-20-19(23)21-18(14-8-3-2-4-9-14)17-15-10-6-5-7-13(15)11-12-16(17)22/h2-12,18,22H,1H3,(H2,20,21,23)/t18-/m1/s1. The zero-order valence-electron chi connectivity index (χ0n) is 12.8. The van der Waals surface area contributed by atoms with Gasteiger partial charge in [-0.1, -0.05) is 60.7 Å². The summed E-state index contributed by atoms with van der Waals surface area (Å²) in [5, 5.41) is 17.9.